The number of nitrogens with zero attached hydrogens (tertiary/aromatic N) is 1. The lowest BCUT2D eigenvalue weighted by atomic mass is 10.0. The highest BCUT2D eigenvalue weighted by atomic mass is 16.5. The number of hydrogen-bond acceptors (Lipinski definition) is 3. The molecule has 5 nitrogen and oxygen atoms in total. The van der Waals surface area contributed by atoms with Crippen LogP contribution in [0, 0.1) is 0 Å². The number of hydrogen-bond donors (Lipinski definition) is 2. The maximum Gasteiger partial charge on any atom is 0.268 e. The van der Waals surface area contributed by atoms with E-state index >= 15 is 0 Å². The average Bonchev–Trinajstić information content (AvgIpc) is 3.02. The number of carbonyl (C=O) groups excluding carboxylic acids is 1. The Kier molecular flexibility index (Phi) is 3.01. The summed E-state index contributed by atoms with van der Waals surface area (Å²) in [6, 6.07) is 2.21. The number of carbonyl (C=O) groups is 1. The highest BCUT2D eigenvalue weighted by molar-refractivity contribution is 5.94. The summed E-state index contributed by atoms with van der Waals surface area (Å²) in [7, 11) is 0. The van der Waals surface area contributed by atoms with Gasteiger partial charge >= 0.3 is 0 Å². The summed E-state index contributed by atoms with van der Waals surface area (Å²) in [6.07, 6.45) is 6.20. The molecule has 1 amide bonds. The van der Waals surface area contributed by atoms with Crippen LogP contribution in [0.15, 0.2) is 12.3 Å². The normalized spacial score (nSPS) is 26.6. The van der Waals surface area contributed by atoms with Crippen molar-refractivity contribution in [3.05, 3.63) is 18.0 Å². The smallest absolute Gasteiger partial charge is 0.268 e. The number of nitrogens with one attached hydrogen (secondary N) is 1. The minimum absolute atomic E-state index is 0.0553. The summed E-state index contributed by atoms with van der Waals surface area (Å²) in [5.74, 6) is -0.0553. The van der Waals surface area contributed by atoms with Gasteiger partial charge in [-0.1, -0.05) is 0 Å². The second-order valence-electron chi connectivity index (χ2n) is 5.88. The van der Waals surface area contributed by atoms with Gasteiger partial charge in [-0.2, -0.15) is 0 Å². The molecule has 0 bridgehead atoms. The van der Waals surface area contributed by atoms with E-state index in [0.29, 0.717) is 24.0 Å². The summed E-state index contributed by atoms with van der Waals surface area (Å²) in [4.78, 5) is 12.3. The van der Waals surface area contributed by atoms with E-state index in [2.05, 4.69) is 12.2 Å². The molecule has 19 heavy (non-hydrogen) atoms. The van der Waals surface area contributed by atoms with Crippen molar-refractivity contribution in [2.24, 2.45) is 0 Å². The molecule has 0 spiro atoms. The molecular formula is C14H21N3O2. The fourth-order valence-electron chi connectivity index (χ4n) is 2.67. The largest absolute Gasteiger partial charge is 0.397 e. The summed E-state index contributed by atoms with van der Waals surface area (Å²) >= 11 is 0. The number of rotatable bonds is 4. The van der Waals surface area contributed by atoms with Crippen LogP contribution in [0.5, 0.6) is 0 Å². The molecule has 2 aliphatic rings. The molecule has 104 valence electrons. The Morgan fingerprint density at radius 3 is 3.05 bits per heavy atom. The molecule has 1 saturated carbocycles. The van der Waals surface area contributed by atoms with E-state index in [4.69, 9.17) is 10.5 Å². The van der Waals surface area contributed by atoms with E-state index in [9.17, 15) is 4.79 Å². The summed E-state index contributed by atoms with van der Waals surface area (Å²) in [6.45, 7) is 3.40. The Labute approximate surface area is 113 Å². The maximum atomic E-state index is 12.3. The van der Waals surface area contributed by atoms with Crippen LogP contribution in [-0.2, 0) is 4.74 Å². The number of nitrogen functional groups attached to an aromatic ring is 1. The van der Waals surface area contributed by atoms with Crippen molar-refractivity contribution in [3.63, 3.8) is 0 Å². The van der Waals surface area contributed by atoms with Gasteiger partial charge in [-0.3, -0.25) is 4.79 Å². The van der Waals surface area contributed by atoms with Gasteiger partial charge in [-0.25, -0.2) is 0 Å². The summed E-state index contributed by atoms with van der Waals surface area (Å²) in [5, 5.41) is 2.98. The van der Waals surface area contributed by atoms with Gasteiger partial charge in [0.2, 0.25) is 0 Å². The molecule has 2 heterocycles. The third kappa shape index (κ3) is 2.61. The first kappa shape index (κ1) is 12.5. The van der Waals surface area contributed by atoms with Crippen molar-refractivity contribution < 1.29 is 9.53 Å². The summed E-state index contributed by atoms with van der Waals surface area (Å²) in [5.41, 5.74) is 6.91. The van der Waals surface area contributed by atoms with E-state index < -0.39 is 0 Å². The number of aromatic nitrogens is 1. The van der Waals surface area contributed by atoms with Gasteiger partial charge < -0.3 is 20.4 Å². The van der Waals surface area contributed by atoms with Gasteiger partial charge in [-0.05, 0) is 38.7 Å². The number of anilines is 1. The van der Waals surface area contributed by atoms with Gasteiger partial charge in [-0.15, -0.1) is 0 Å². The first-order valence-corrected chi connectivity index (χ1v) is 6.97. The Morgan fingerprint density at radius 1 is 1.63 bits per heavy atom. The van der Waals surface area contributed by atoms with Gasteiger partial charge in [0, 0.05) is 25.4 Å². The number of ether oxygens (including phenoxy) is 1. The van der Waals surface area contributed by atoms with Gasteiger partial charge in [0.05, 0.1) is 11.3 Å². The third-order valence-corrected chi connectivity index (χ3v) is 3.97. The fourth-order valence-corrected chi connectivity index (χ4v) is 2.67. The molecule has 0 radical (unpaired) electrons. The zero-order valence-electron chi connectivity index (χ0n) is 11.3. The van der Waals surface area contributed by atoms with Crippen molar-refractivity contribution >= 4 is 11.6 Å². The third-order valence-electron chi connectivity index (χ3n) is 3.97. The van der Waals surface area contributed by atoms with E-state index in [1.165, 1.54) is 0 Å². The Morgan fingerprint density at radius 2 is 2.42 bits per heavy atom. The predicted molar refractivity (Wildman–Crippen MR) is 73.0 cm³/mol. The van der Waals surface area contributed by atoms with Crippen molar-refractivity contribution in [3.8, 4) is 0 Å². The van der Waals surface area contributed by atoms with Gasteiger partial charge in [0.1, 0.15) is 5.69 Å². The lowest BCUT2D eigenvalue weighted by molar-refractivity contribution is 0.0205. The van der Waals surface area contributed by atoms with Crippen LogP contribution in [0.2, 0.25) is 0 Å². The molecule has 1 saturated heterocycles. The molecule has 1 atom stereocenters. The van der Waals surface area contributed by atoms with Crippen molar-refractivity contribution in [2.45, 2.75) is 44.2 Å². The first-order chi connectivity index (χ1) is 9.07. The Bertz CT molecular complexity index is 485. The topological polar surface area (TPSA) is 69.3 Å². The van der Waals surface area contributed by atoms with E-state index in [0.717, 1.165) is 32.3 Å². The van der Waals surface area contributed by atoms with Gasteiger partial charge in [0.15, 0.2) is 0 Å². The SMILES string of the molecule is CC1(CNC(=O)c2cc(N)cn2C2CC2)CCCO1. The van der Waals surface area contributed by atoms with Crippen LogP contribution in [0.1, 0.15) is 49.1 Å². The zero-order chi connectivity index (χ0) is 13.5. The van der Waals surface area contributed by atoms with Crippen molar-refractivity contribution in [1.29, 1.82) is 0 Å². The van der Waals surface area contributed by atoms with E-state index in [1.54, 1.807) is 6.07 Å². The minimum Gasteiger partial charge on any atom is -0.397 e. The second-order valence-corrected chi connectivity index (χ2v) is 5.88. The second kappa shape index (κ2) is 4.56. The van der Waals surface area contributed by atoms with Crippen LogP contribution in [0.3, 0.4) is 0 Å². The predicted octanol–water partition coefficient (Wildman–Crippen LogP) is 1.70. The standard InChI is InChI=1S/C14H21N3O2/c1-14(5-2-6-19-14)9-16-13(18)12-7-10(15)8-17(12)11-3-4-11/h7-8,11H,2-6,9,15H2,1H3,(H,16,18). The van der Waals surface area contributed by atoms with E-state index in [-0.39, 0.29) is 11.5 Å². The monoisotopic (exact) mass is 263 g/mol. The first-order valence-electron chi connectivity index (χ1n) is 6.97. The number of amides is 1. The fraction of sp³-hybridized carbons (Fsp3) is 0.643. The molecule has 3 rings (SSSR count). The summed E-state index contributed by atoms with van der Waals surface area (Å²) < 4.78 is 7.68. The van der Waals surface area contributed by atoms with Gasteiger partial charge in [0.25, 0.3) is 5.91 Å². The zero-order valence-corrected chi connectivity index (χ0v) is 11.3. The van der Waals surface area contributed by atoms with Crippen LogP contribution in [0.4, 0.5) is 5.69 Å². The lowest BCUT2D eigenvalue weighted by Gasteiger charge is -2.23. The minimum atomic E-state index is -0.210. The molecule has 1 unspecified atom stereocenters. The molecule has 3 N–H and O–H groups in total. The Hall–Kier alpha value is -1.49. The number of nitrogens with two attached hydrogens (primary N) is 1. The molecule has 5 heteroatoms. The molecular weight excluding hydrogens is 242 g/mol. The highest BCUT2D eigenvalue weighted by Crippen LogP contribution is 2.37. The molecule has 1 aliphatic heterocycles. The quantitative estimate of drug-likeness (QED) is 0.868. The van der Waals surface area contributed by atoms with Crippen LogP contribution in [0.25, 0.3) is 0 Å². The molecule has 0 aromatic carbocycles. The van der Waals surface area contributed by atoms with Crippen molar-refractivity contribution in [1.82, 2.24) is 9.88 Å². The van der Waals surface area contributed by atoms with Crippen LogP contribution < -0.4 is 11.1 Å². The molecule has 2 fully saturated rings. The average molecular weight is 263 g/mol. The lowest BCUT2D eigenvalue weighted by Crippen LogP contribution is -2.40. The van der Waals surface area contributed by atoms with E-state index in [1.807, 2.05) is 10.8 Å². The van der Waals surface area contributed by atoms with Crippen LogP contribution >= 0.6 is 0 Å². The Balaban J connectivity index is 1.66. The molecule has 1 aliphatic carbocycles. The van der Waals surface area contributed by atoms with Crippen LogP contribution in [-0.4, -0.2) is 29.2 Å². The molecule has 1 aromatic heterocycles. The molecule has 1 aromatic rings. The highest BCUT2D eigenvalue weighted by Gasteiger charge is 2.32. The van der Waals surface area contributed by atoms with Crippen molar-refractivity contribution in [2.75, 3.05) is 18.9 Å². The maximum absolute atomic E-state index is 12.3.